The van der Waals surface area contributed by atoms with Crippen molar-refractivity contribution in [3.8, 4) is 0 Å². The molecule has 1 unspecified atom stereocenters. The second-order valence-electron chi connectivity index (χ2n) is 3.85. The zero-order chi connectivity index (χ0) is 14.7. The second kappa shape index (κ2) is 10.1. The summed E-state index contributed by atoms with van der Waals surface area (Å²) in [6, 6.07) is -1.74. The number of carboxylic acid groups (broad SMARTS) is 1. The van der Waals surface area contributed by atoms with Crippen LogP contribution in [0.25, 0.3) is 0 Å². The largest absolute Gasteiger partial charge is 0.480 e. The van der Waals surface area contributed by atoms with Gasteiger partial charge in [0.1, 0.15) is 6.04 Å². The molecule has 1 atom stereocenters. The minimum Gasteiger partial charge on any atom is -0.480 e. The number of carboxylic acids is 1. The first-order chi connectivity index (χ1) is 9.01. The van der Waals surface area contributed by atoms with Crippen LogP contribution in [0.5, 0.6) is 0 Å². The molecule has 0 aliphatic rings. The summed E-state index contributed by atoms with van der Waals surface area (Å²) in [5.41, 5.74) is 0. The number of amides is 3. The lowest BCUT2D eigenvalue weighted by molar-refractivity contribution is -0.139. The highest BCUT2D eigenvalue weighted by Gasteiger charge is 2.19. The minimum absolute atomic E-state index is 0.154. The predicted octanol–water partition coefficient (Wildman–Crippen LogP) is -0.698. The molecule has 0 bridgehead atoms. The van der Waals surface area contributed by atoms with E-state index in [-0.39, 0.29) is 25.5 Å². The van der Waals surface area contributed by atoms with Gasteiger partial charge >= 0.3 is 12.0 Å². The highest BCUT2D eigenvalue weighted by Crippen LogP contribution is 1.92. The van der Waals surface area contributed by atoms with E-state index in [2.05, 4.69) is 16.0 Å². The van der Waals surface area contributed by atoms with E-state index in [0.717, 1.165) is 6.42 Å². The third-order valence-corrected chi connectivity index (χ3v) is 2.20. The molecule has 0 aromatic carbocycles. The van der Waals surface area contributed by atoms with Gasteiger partial charge in [-0.15, -0.1) is 0 Å². The summed E-state index contributed by atoms with van der Waals surface area (Å²) in [6.45, 7) is 2.47. The Kier molecular flexibility index (Phi) is 9.15. The standard InChI is InChI=1S/C11H21N3O5/c1-3-5-12-9(15)7-13-11(18)14-8(10(16)17)4-6-19-2/h8H,3-7H2,1-2H3,(H,12,15)(H,16,17)(H2,13,14,18). The molecule has 0 aliphatic heterocycles. The van der Waals surface area contributed by atoms with Gasteiger partial charge in [-0.25, -0.2) is 9.59 Å². The Hall–Kier alpha value is -1.83. The Morgan fingerprint density at radius 3 is 2.47 bits per heavy atom. The van der Waals surface area contributed by atoms with Gasteiger partial charge in [0.25, 0.3) is 0 Å². The van der Waals surface area contributed by atoms with E-state index in [9.17, 15) is 14.4 Å². The SMILES string of the molecule is CCCNC(=O)CNC(=O)NC(CCOC)C(=O)O. The van der Waals surface area contributed by atoms with Gasteiger partial charge < -0.3 is 25.8 Å². The van der Waals surface area contributed by atoms with E-state index in [0.29, 0.717) is 6.54 Å². The van der Waals surface area contributed by atoms with Crippen LogP contribution in [0.2, 0.25) is 0 Å². The highest BCUT2D eigenvalue weighted by molar-refractivity contribution is 5.86. The molecular formula is C11H21N3O5. The fourth-order valence-electron chi connectivity index (χ4n) is 1.19. The topological polar surface area (TPSA) is 117 Å². The van der Waals surface area contributed by atoms with Gasteiger partial charge in [-0.1, -0.05) is 6.92 Å². The first kappa shape index (κ1) is 17.2. The molecule has 3 amide bonds. The molecule has 0 saturated carbocycles. The number of methoxy groups -OCH3 is 1. The average Bonchev–Trinajstić information content (AvgIpc) is 2.38. The van der Waals surface area contributed by atoms with Crippen molar-refractivity contribution in [1.82, 2.24) is 16.0 Å². The highest BCUT2D eigenvalue weighted by atomic mass is 16.5. The van der Waals surface area contributed by atoms with E-state index >= 15 is 0 Å². The Morgan fingerprint density at radius 2 is 1.95 bits per heavy atom. The van der Waals surface area contributed by atoms with Crippen LogP contribution in [0.4, 0.5) is 4.79 Å². The number of urea groups is 1. The van der Waals surface area contributed by atoms with Gasteiger partial charge in [0.05, 0.1) is 6.54 Å². The van der Waals surface area contributed by atoms with Gasteiger partial charge in [-0.3, -0.25) is 4.79 Å². The molecule has 4 N–H and O–H groups in total. The molecule has 0 fully saturated rings. The number of carbonyl (C=O) groups excluding carboxylic acids is 2. The molecule has 110 valence electrons. The van der Waals surface area contributed by atoms with Gasteiger partial charge in [0.15, 0.2) is 0 Å². The number of nitrogens with one attached hydrogen (secondary N) is 3. The van der Waals surface area contributed by atoms with Gasteiger partial charge in [0.2, 0.25) is 5.91 Å². The summed E-state index contributed by atoms with van der Waals surface area (Å²) in [7, 11) is 1.44. The third-order valence-electron chi connectivity index (χ3n) is 2.20. The van der Waals surface area contributed by atoms with Crippen LogP contribution in [0.1, 0.15) is 19.8 Å². The van der Waals surface area contributed by atoms with Crippen LogP contribution in [-0.2, 0) is 14.3 Å². The molecule has 19 heavy (non-hydrogen) atoms. The first-order valence-electron chi connectivity index (χ1n) is 6.04. The molecule has 0 heterocycles. The summed E-state index contributed by atoms with van der Waals surface area (Å²) in [6.07, 6.45) is 0.956. The summed E-state index contributed by atoms with van der Waals surface area (Å²) in [5.74, 6) is -1.47. The predicted molar refractivity (Wildman–Crippen MR) is 67.8 cm³/mol. The molecule has 0 saturated heterocycles. The van der Waals surface area contributed by atoms with Crippen molar-refractivity contribution in [3.63, 3.8) is 0 Å². The van der Waals surface area contributed by atoms with Crippen LogP contribution in [0.15, 0.2) is 0 Å². The molecular weight excluding hydrogens is 254 g/mol. The molecule has 0 aromatic heterocycles. The van der Waals surface area contributed by atoms with Crippen LogP contribution >= 0.6 is 0 Å². The fourth-order valence-corrected chi connectivity index (χ4v) is 1.19. The van der Waals surface area contributed by atoms with E-state index in [1.165, 1.54) is 7.11 Å². The van der Waals surface area contributed by atoms with Crippen molar-refractivity contribution in [2.75, 3.05) is 26.8 Å². The number of ether oxygens (including phenoxy) is 1. The molecule has 0 radical (unpaired) electrons. The quantitative estimate of drug-likeness (QED) is 0.444. The van der Waals surface area contributed by atoms with Crippen LogP contribution in [0.3, 0.4) is 0 Å². The van der Waals surface area contributed by atoms with Gasteiger partial charge in [0, 0.05) is 26.7 Å². The number of rotatable bonds is 9. The smallest absolute Gasteiger partial charge is 0.326 e. The molecule has 8 nitrogen and oxygen atoms in total. The number of hydrogen-bond acceptors (Lipinski definition) is 4. The lowest BCUT2D eigenvalue weighted by Crippen LogP contribution is -2.48. The number of aliphatic carboxylic acids is 1. The molecule has 0 rings (SSSR count). The van der Waals surface area contributed by atoms with Crippen molar-refractivity contribution in [3.05, 3.63) is 0 Å². The monoisotopic (exact) mass is 275 g/mol. The van der Waals surface area contributed by atoms with E-state index in [1.54, 1.807) is 0 Å². The van der Waals surface area contributed by atoms with E-state index < -0.39 is 18.0 Å². The van der Waals surface area contributed by atoms with Crippen molar-refractivity contribution < 1.29 is 24.2 Å². The van der Waals surface area contributed by atoms with Gasteiger partial charge in [-0.05, 0) is 6.42 Å². The minimum atomic E-state index is -1.15. The lowest BCUT2D eigenvalue weighted by atomic mass is 10.2. The van der Waals surface area contributed by atoms with Crippen molar-refractivity contribution in [1.29, 1.82) is 0 Å². The lowest BCUT2D eigenvalue weighted by Gasteiger charge is -2.14. The first-order valence-corrected chi connectivity index (χ1v) is 6.04. The van der Waals surface area contributed by atoms with E-state index in [1.807, 2.05) is 6.92 Å². The summed E-state index contributed by atoms with van der Waals surface area (Å²) in [4.78, 5) is 33.4. The summed E-state index contributed by atoms with van der Waals surface area (Å²) >= 11 is 0. The maximum Gasteiger partial charge on any atom is 0.326 e. The molecule has 8 heteroatoms. The Labute approximate surface area is 111 Å². The Morgan fingerprint density at radius 1 is 1.26 bits per heavy atom. The van der Waals surface area contributed by atoms with Crippen molar-refractivity contribution >= 4 is 17.9 Å². The summed E-state index contributed by atoms with van der Waals surface area (Å²) in [5, 5.41) is 16.0. The molecule has 0 aromatic rings. The molecule has 0 aliphatic carbocycles. The second-order valence-corrected chi connectivity index (χ2v) is 3.85. The maximum atomic E-state index is 11.4. The zero-order valence-electron chi connectivity index (χ0n) is 11.2. The normalized spacial score (nSPS) is 11.5. The average molecular weight is 275 g/mol. The Balaban J connectivity index is 3.99. The van der Waals surface area contributed by atoms with E-state index in [4.69, 9.17) is 9.84 Å². The number of hydrogen-bond donors (Lipinski definition) is 4. The van der Waals surface area contributed by atoms with Crippen molar-refractivity contribution in [2.45, 2.75) is 25.8 Å². The summed E-state index contributed by atoms with van der Waals surface area (Å²) < 4.78 is 4.75. The maximum absolute atomic E-state index is 11.4. The van der Waals surface area contributed by atoms with Crippen LogP contribution < -0.4 is 16.0 Å². The third kappa shape index (κ3) is 8.83. The molecule has 0 spiro atoms. The Bertz CT molecular complexity index is 309. The van der Waals surface area contributed by atoms with Gasteiger partial charge in [-0.2, -0.15) is 0 Å². The van der Waals surface area contributed by atoms with Crippen LogP contribution in [0, 0.1) is 0 Å². The number of carbonyl (C=O) groups is 3. The van der Waals surface area contributed by atoms with Crippen LogP contribution in [-0.4, -0.2) is 55.9 Å². The zero-order valence-corrected chi connectivity index (χ0v) is 11.2. The fraction of sp³-hybridized carbons (Fsp3) is 0.727. The van der Waals surface area contributed by atoms with Crippen molar-refractivity contribution in [2.24, 2.45) is 0 Å².